The molecular formula is C19H21ClFN3O. The lowest BCUT2D eigenvalue weighted by atomic mass is 10.1. The molecule has 1 aromatic carbocycles. The Labute approximate surface area is 151 Å². The molecule has 1 aliphatic rings. The zero-order valence-corrected chi connectivity index (χ0v) is 14.7. The number of nitrogens with zero attached hydrogens (tertiary/aromatic N) is 1. The number of rotatable bonds is 4. The van der Waals surface area contributed by atoms with Gasteiger partial charge in [0.15, 0.2) is 0 Å². The number of aromatic nitrogens is 1. The van der Waals surface area contributed by atoms with Gasteiger partial charge in [-0.2, -0.15) is 0 Å². The quantitative estimate of drug-likeness (QED) is 0.730. The summed E-state index contributed by atoms with van der Waals surface area (Å²) in [6, 6.07) is 8.07. The molecule has 0 unspecified atom stereocenters. The predicted molar refractivity (Wildman–Crippen MR) is 98.7 cm³/mol. The van der Waals surface area contributed by atoms with E-state index in [1.54, 1.807) is 12.3 Å². The Morgan fingerprint density at radius 2 is 1.80 bits per heavy atom. The second kappa shape index (κ2) is 8.30. The van der Waals surface area contributed by atoms with Gasteiger partial charge in [0, 0.05) is 11.7 Å². The molecular weight excluding hydrogens is 341 g/mol. The van der Waals surface area contributed by atoms with Crippen LogP contribution < -0.4 is 10.6 Å². The summed E-state index contributed by atoms with van der Waals surface area (Å²) in [7, 11) is 0. The van der Waals surface area contributed by atoms with E-state index in [9.17, 15) is 9.18 Å². The van der Waals surface area contributed by atoms with Crippen LogP contribution in [0.25, 0.3) is 0 Å². The van der Waals surface area contributed by atoms with E-state index >= 15 is 0 Å². The zero-order chi connectivity index (χ0) is 17.6. The molecule has 1 fully saturated rings. The minimum Gasteiger partial charge on any atom is -0.381 e. The lowest BCUT2D eigenvalue weighted by Crippen LogP contribution is -2.19. The number of amides is 1. The van der Waals surface area contributed by atoms with E-state index in [2.05, 4.69) is 15.6 Å². The monoisotopic (exact) mass is 361 g/mol. The number of hydrogen-bond donors (Lipinski definition) is 2. The van der Waals surface area contributed by atoms with Gasteiger partial charge in [-0.3, -0.25) is 4.79 Å². The first-order valence-corrected chi connectivity index (χ1v) is 8.98. The fourth-order valence-corrected chi connectivity index (χ4v) is 3.22. The number of halogens is 2. The molecule has 2 aromatic rings. The van der Waals surface area contributed by atoms with Crippen molar-refractivity contribution in [1.29, 1.82) is 0 Å². The third kappa shape index (κ3) is 4.92. The van der Waals surface area contributed by atoms with Crippen LogP contribution in [0, 0.1) is 5.82 Å². The molecule has 0 bridgehead atoms. The van der Waals surface area contributed by atoms with Crippen LogP contribution in [0.5, 0.6) is 0 Å². The fraction of sp³-hybridized carbons (Fsp3) is 0.368. The number of carbonyl (C=O) groups is 1. The first kappa shape index (κ1) is 17.7. The van der Waals surface area contributed by atoms with Gasteiger partial charge >= 0.3 is 0 Å². The van der Waals surface area contributed by atoms with Crippen LogP contribution in [0.1, 0.15) is 49.0 Å². The minimum atomic E-state index is -0.522. The first-order valence-electron chi connectivity index (χ1n) is 8.61. The SMILES string of the molecule is O=C(Nc1ccc(F)c(Cl)c1)c1ccc(NC2CCCCCC2)cn1. The van der Waals surface area contributed by atoms with E-state index < -0.39 is 5.82 Å². The van der Waals surface area contributed by atoms with E-state index in [4.69, 9.17) is 11.6 Å². The molecule has 25 heavy (non-hydrogen) atoms. The van der Waals surface area contributed by atoms with E-state index in [1.807, 2.05) is 6.07 Å². The van der Waals surface area contributed by atoms with Gasteiger partial charge in [-0.15, -0.1) is 0 Å². The van der Waals surface area contributed by atoms with Crippen molar-refractivity contribution in [3.8, 4) is 0 Å². The summed E-state index contributed by atoms with van der Waals surface area (Å²) in [6.45, 7) is 0. The van der Waals surface area contributed by atoms with Crippen molar-refractivity contribution in [2.24, 2.45) is 0 Å². The number of benzene rings is 1. The smallest absolute Gasteiger partial charge is 0.274 e. The third-order valence-corrected chi connectivity index (χ3v) is 4.69. The molecule has 0 radical (unpaired) electrons. The van der Waals surface area contributed by atoms with Crippen molar-refractivity contribution in [2.75, 3.05) is 10.6 Å². The Bertz CT molecular complexity index is 728. The van der Waals surface area contributed by atoms with Gasteiger partial charge in [0.2, 0.25) is 0 Å². The maximum atomic E-state index is 13.2. The molecule has 4 nitrogen and oxygen atoms in total. The maximum absolute atomic E-state index is 13.2. The van der Waals surface area contributed by atoms with E-state index in [0.29, 0.717) is 17.4 Å². The third-order valence-electron chi connectivity index (χ3n) is 4.40. The Kier molecular flexibility index (Phi) is 5.87. The number of anilines is 2. The number of hydrogen-bond acceptors (Lipinski definition) is 3. The van der Waals surface area contributed by atoms with Crippen molar-refractivity contribution in [3.63, 3.8) is 0 Å². The van der Waals surface area contributed by atoms with Gasteiger partial charge < -0.3 is 10.6 Å². The molecule has 1 heterocycles. The van der Waals surface area contributed by atoms with Gasteiger partial charge in [-0.05, 0) is 43.2 Å². The summed E-state index contributed by atoms with van der Waals surface area (Å²) in [4.78, 5) is 16.4. The average Bonchev–Trinajstić information content (AvgIpc) is 2.87. The topological polar surface area (TPSA) is 54.0 Å². The molecule has 1 aromatic heterocycles. The Hall–Kier alpha value is -2.14. The van der Waals surface area contributed by atoms with Crippen LogP contribution >= 0.6 is 11.6 Å². The fourth-order valence-electron chi connectivity index (χ4n) is 3.04. The molecule has 0 saturated heterocycles. The lowest BCUT2D eigenvalue weighted by Gasteiger charge is -2.17. The summed E-state index contributed by atoms with van der Waals surface area (Å²) < 4.78 is 13.2. The van der Waals surface area contributed by atoms with Crippen molar-refractivity contribution < 1.29 is 9.18 Å². The summed E-state index contributed by atoms with van der Waals surface area (Å²) in [5.41, 5.74) is 1.65. The Balaban J connectivity index is 1.60. The number of carbonyl (C=O) groups excluding carboxylic acids is 1. The van der Waals surface area contributed by atoms with Crippen LogP contribution in [-0.2, 0) is 0 Å². The molecule has 132 valence electrons. The predicted octanol–water partition coefficient (Wildman–Crippen LogP) is 5.26. The number of pyridine rings is 1. The van der Waals surface area contributed by atoms with E-state index in [1.165, 1.54) is 56.7 Å². The average molecular weight is 362 g/mol. The Morgan fingerprint density at radius 1 is 1.08 bits per heavy atom. The highest BCUT2D eigenvalue weighted by molar-refractivity contribution is 6.31. The highest BCUT2D eigenvalue weighted by Crippen LogP contribution is 2.22. The highest BCUT2D eigenvalue weighted by atomic mass is 35.5. The van der Waals surface area contributed by atoms with Gasteiger partial charge in [-0.1, -0.05) is 37.3 Å². The van der Waals surface area contributed by atoms with E-state index in [0.717, 1.165) is 5.69 Å². The molecule has 1 aliphatic carbocycles. The highest BCUT2D eigenvalue weighted by Gasteiger charge is 2.13. The van der Waals surface area contributed by atoms with Gasteiger partial charge in [0.05, 0.1) is 16.9 Å². The summed E-state index contributed by atoms with van der Waals surface area (Å²) in [6.07, 6.45) is 9.15. The van der Waals surface area contributed by atoms with E-state index in [-0.39, 0.29) is 10.9 Å². The normalized spacial score (nSPS) is 15.4. The van der Waals surface area contributed by atoms with Gasteiger partial charge in [0.1, 0.15) is 11.5 Å². The van der Waals surface area contributed by atoms with Crippen molar-refractivity contribution in [1.82, 2.24) is 4.98 Å². The van der Waals surface area contributed by atoms with Crippen LogP contribution in [0.3, 0.4) is 0 Å². The summed E-state index contributed by atoms with van der Waals surface area (Å²) in [5.74, 6) is -0.879. The molecule has 0 aliphatic heterocycles. The summed E-state index contributed by atoms with van der Waals surface area (Å²) >= 11 is 5.72. The van der Waals surface area contributed by atoms with Crippen molar-refractivity contribution in [2.45, 2.75) is 44.6 Å². The van der Waals surface area contributed by atoms with Crippen LogP contribution in [0.4, 0.5) is 15.8 Å². The maximum Gasteiger partial charge on any atom is 0.274 e. The molecule has 1 saturated carbocycles. The molecule has 2 N–H and O–H groups in total. The Morgan fingerprint density at radius 3 is 2.44 bits per heavy atom. The standard InChI is InChI=1S/C19H21ClFN3O/c20-16-11-14(7-9-17(16)21)24-19(25)18-10-8-15(12-22-18)23-13-5-3-1-2-4-6-13/h7-13,23H,1-6H2,(H,24,25). The first-order chi connectivity index (χ1) is 12.1. The molecule has 0 atom stereocenters. The number of nitrogens with one attached hydrogen (secondary N) is 2. The van der Waals surface area contributed by atoms with Gasteiger partial charge in [0.25, 0.3) is 5.91 Å². The van der Waals surface area contributed by atoms with Crippen molar-refractivity contribution in [3.05, 3.63) is 53.1 Å². The van der Waals surface area contributed by atoms with Crippen LogP contribution in [0.15, 0.2) is 36.5 Å². The zero-order valence-electron chi connectivity index (χ0n) is 13.9. The largest absolute Gasteiger partial charge is 0.381 e. The molecule has 0 spiro atoms. The van der Waals surface area contributed by atoms with Crippen LogP contribution in [-0.4, -0.2) is 16.9 Å². The molecule has 3 rings (SSSR count). The lowest BCUT2D eigenvalue weighted by molar-refractivity contribution is 0.102. The molecule has 6 heteroatoms. The van der Waals surface area contributed by atoms with Crippen molar-refractivity contribution >= 4 is 28.9 Å². The second-order valence-electron chi connectivity index (χ2n) is 6.35. The summed E-state index contributed by atoms with van der Waals surface area (Å²) in [5, 5.41) is 6.13. The van der Waals surface area contributed by atoms with Crippen LogP contribution in [0.2, 0.25) is 5.02 Å². The molecule has 1 amide bonds. The second-order valence-corrected chi connectivity index (χ2v) is 6.76. The van der Waals surface area contributed by atoms with Gasteiger partial charge in [-0.25, -0.2) is 9.37 Å². The minimum absolute atomic E-state index is 0.0336.